The van der Waals surface area contributed by atoms with Crippen LogP contribution in [0.1, 0.15) is 16.1 Å². The Hall–Kier alpha value is -1.97. The molecule has 0 aliphatic carbocycles. The molecule has 0 aliphatic rings. The van der Waals surface area contributed by atoms with E-state index in [9.17, 15) is 4.79 Å². The Morgan fingerprint density at radius 2 is 1.86 bits per heavy atom. The van der Waals surface area contributed by atoms with Crippen LogP contribution < -0.4 is 5.32 Å². The Morgan fingerprint density at radius 3 is 2.62 bits per heavy atom. The number of hydrogen-bond donors (Lipinski definition) is 2. The Bertz CT molecular complexity index is 753. The summed E-state index contributed by atoms with van der Waals surface area (Å²) in [6.45, 7) is 0.510. The maximum atomic E-state index is 12.1. The first-order valence-corrected chi connectivity index (χ1v) is 6.70. The van der Waals surface area contributed by atoms with Crippen LogP contribution in [0.2, 0.25) is 5.02 Å². The summed E-state index contributed by atoms with van der Waals surface area (Å²) in [6.07, 6.45) is 0. The van der Waals surface area contributed by atoms with E-state index in [1.807, 2.05) is 48.5 Å². The van der Waals surface area contributed by atoms with Gasteiger partial charge in [0.1, 0.15) is 5.69 Å². The topological polar surface area (TPSA) is 44.9 Å². The Balaban J connectivity index is 0.00000161. The summed E-state index contributed by atoms with van der Waals surface area (Å²) in [7, 11) is 0. The van der Waals surface area contributed by atoms with Crippen molar-refractivity contribution in [3.8, 4) is 0 Å². The summed E-state index contributed by atoms with van der Waals surface area (Å²) in [5, 5.41) is 4.48. The van der Waals surface area contributed by atoms with Gasteiger partial charge in [-0.15, -0.1) is 12.4 Å². The average molecular weight is 321 g/mol. The summed E-state index contributed by atoms with van der Waals surface area (Å²) in [4.78, 5) is 15.2. The van der Waals surface area contributed by atoms with Crippen LogP contribution in [0.4, 0.5) is 0 Å². The van der Waals surface area contributed by atoms with Gasteiger partial charge in [-0.05, 0) is 29.8 Å². The number of carbonyl (C=O) groups is 1. The molecule has 2 aromatic carbocycles. The highest BCUT2D eigenvalue weighted by Crippen LogP contribution is 2.20. The molecular formula is C16H14Cl2N2O. The minimum Gasteiger partial charge on any atom is -0.351 e. The van der Waals surface area contributed by atoms with Crippen molar-refractivity contribution < 1.29 is 4.79 Å². The van der Waals surface area contributed by atoms with E-state index in [0.717, 1.165) is 16.5 Å². The molecule has 3 nitrogen and oxygen atoms in total. The predicted octanol–water partition coefficient (Wildman–Crippen LogP) is 4.17. The van der Waals surface area contributed by atoms with Crippen LogP contribution in [0.5, 0.6) is 0 Å². The van der Waals surface area contributed by atoms with Crippen LogP contribution >= 0.6 is 24.0 Å². The number of amides is 1. The molecule has 0 unspecified atom stereocenters. The zero-order chi connectivity index (χ0) is 13.9. The number of halogens is 2. The number of fused-ring (bicyclic) bond motifs is 1. The van der Waals surface area contributed by atoms with Gasteiger partial charge < -0.3 is 10.3 Å². The van der Waals surface area contributed by atoms with E-state index >= 15 is 0 Å². The quantitative estimate of drug-likeness (QED) is 0.747. The highest BCUT2D eigenvalue weighted by atomic mass is 35.5. The second-order valence-corrected chi connectivity index (χ2v) is 5.02. The van der Waals surface area contributed by atoms with Crippen LogP contribution in [-0.2, 0) is 6.54 Å². The SMILES string of the molecule is Cl.O=C(NCc1ccccc1)c1cc2cc(Cl)ccc2[nH]1. The van der Waals surface area contributed by atoms with Crippen LogP contribution in [-0.4, -0.2) is 10.9 Å². The van der Waals surface area contributed by atoms with Gasteiger partial charge >= 0.3 is 0 Å². The van der Waals surface area contributed by atoms with E-state index in [1.165, 1.54) is 0 Å². The van der Waals surface area contributed by atoms with Crippen molar-refractivity contribution in [2.75, 3.05) is 0 Å². The number of H-pyrrole nitrogens is 1. The summed E-state index contributed by atoms with van der Waals surface area (Å²) in [5.74, 6) is -0.124. The van der Waals surface area contributed by atoms with E-state index in [0.29, 0.717) is 17.3 Å². The van der Waals surface area contributed by atoms with Crippen LogP contribution in [0, 0.1) is 0 Å². The Kier molecular flexibility index (Phi) is 4.89. The van der Waals surface area contributed by atoms with Crippen LogP contribution in [0.15, 0.2) is 54.6 Å². The van der Waals surface area contributed by atoms with Crippen molar-refractivity contribution >= 4 is 40.8 Å². The molecule has 108 valence electrons. The molecule has 1 heterocycles. The molecule has 21 heavy (non-hydrogen) atoms. The van der Waals surface area contributed by atoms with Crippen molar-refractivity contribution in [3.05, 3.63) is 70.9 Å². The lowest BCUT2D eigenvalue weighted by Gasteiger charge is -2.03. The summed E-state index contributed by atoms with van der Waals surface area (Å²) < 4.78 is 0. The maximum Gasteiger partial charge on any atom is 0.267 e. The molecule has 0 saturated heterocycles. The van der Waals surface area contributed by atoms with Gasteiger partial charge in [0, 0.05) is 22.5 Å². The molecule has 1 amide bonds. The fraction of sp³-hybridized carbons (Fsp3) is 0.0625. The molecule has 0 saturated carbocycles. The fourth-order valence-electron chi connectivity index (χ4n) is 2.10. The van der Waals surface area contributed by atoms with Crippen molar-refractivity contribution in [2.45, 2.75) is 6.54 Å². The number of carbonyl (C=O) groups excluding carboxylic acids is 1. The number of hydrogen-bond acceptors (Lipinski definition) is 1. The second-order valence-electron chi connectivity index (χ2n) is 4.58. The first-order valence-electron chi connectivity index (χ1n) is 6.33. The van der Waals surface area contributed by atoms with Crippen molar-refractivity contribution in [3.63, 3.8) is 0 Å². The zero-order valence-electron chi connectivity index (χ0n) is 11.1. The van der Waals surface area contributed by atoms with Gasteiger partial charge in [-0.25, -0.2) is 0 Å². The molecule has 2 N–H and O–H groups in total. The zero-order valence-corrected chi connectivity index (χ0v) is 12.7. The monoisotopic (exact) mass is 320 g/mol. The highest BCUT2D eigenvalue weighted by molar-refractivity contribution is 6.31. The number of nitrogens with one attached hydrogen (secondary N) is 2. The molecule has 1 aromatic heterocycles. The number of rotatable bonds is 3. The molecule has 0 bridgehead atoms. The van der Waals surface area contributed by atoms with Gasteiger partial charge in [0.05, 0.1) is 0 Å². The molecule has 0 radical (unpaired) electrons. The van der Waals surface area contributed by atoms with Crippen molar-refractivity contribution in [2.24, 2.45) is 0 Å². The lowest BCUT2D eigenvalue weighted by molar-refractivity contribution is 0.0947. The summed E-state index contributed by atoms with van der Waals surface area (Å²) in [6, 6.07) is 17.1. The van der Waals surface area contributed by atoms with E-state index in [4.69, 9.17) is 11.6 Å². The fourth-order valence-corrected chi connectivity index (χ4v) is 2.28. The van der Waals surface area contributed by atoms with Gasteiger partial charge in [-0.1, -0.05) is 41.9 Å². The van der Waals surface area contributed by atoms with Gasteiger partial charge in [0.15, 0.2) is 0 Å². The Labute approximate surface area is 133 Å². The third-order valence-corrected chi connectivity index (χ3v) is 3.36. The standard InChI is InChI=1S/C16H13ClN2O.ClH/c17-13-6-7-14-12(8-13)9-15(19-14)16(20)18-10-11-4-2-1-3-5-11;/h1-9,19H,10H2,(H,18,20);1H. The maximum absolute atomic E-state index is 12.1. The van der Waals surface area contributed by atoms with Crippen LogP contribution in [0.3, 0.4) is 0 Å². The largest absolute Gasteiger partial charge is 0.351 e. The smallest absolute Gasteiger partial charge is 0.267 e. The third-order valence-electron chi connectivity index (χ3n) is 3.12. The molecule has 5 heteroatoms. The molecular weight excluding hydrogens is 307 g/mol. The highest BCUT2D eigenvalue weighted by Gasteiger charge is 2.09. The second kappa shape index (κ2) is 6.66. The van der Waals surface area contributed by atoms with Crippen LogP contribution in [0.25, 0.3) is 10.9 Å². The van der Waals surface area contributed by atoms with E-state index < -0.39 is 0 Å². The Morgan fingerprint density at radius 1 is 1.10 bits per heavy atom. The molecule has 0 atom stereocenters. The van der Waals surface area contributed by atoms with Crippen molar-refractivity contribution in [1.82, 2.24) is 10.3 Å². The molecule has 0 fully saturated rings. The molecule has 3 aromatic rings. The third kappa shape index (κ3) is 3.57. The van der Waals surface area contributed by atoms with Gasteiger partial charge in [0.25, 0.3) is 5.91 Å². The number of aromatic amines is 1. The summed E-state index contributed by atoms with van der Waals surface area (Å²) in [5.41, 5.74) is 2.51. The van der Waals surface area contributed by atoms with Crippen molar-refractivity contribution in [1.29, 1.82) is 0 Å². The van der Waals surface area contributed by atoms with Gasteiger partial charge in [-0.3, -0.25) is 4.79 Å². The normalized spacial score (nSPS) is 10.1. The first-order chi connectivity index (χ1) is 9.72. The lowest BCUT2D eigenvalue weighted by Crippen LogP contribution is -2.22. The van der Waals surface area contributed by atoms with Gasteiger partial charge in [-0.2, -0.15) is 0 Å². The van der Waals surface area contributed by atoms with E-state index in [-0.39, 0.29) is 18.3 Å². The number of benzene rings is 2. The first kappa shape index (κ1) is 15.4. The predicted molar refractivity (Wildman–Crippen MR) is 88.2 cm³/mol. The minimum atomic E-state index is -0.124. The van der Waals surface area contributed by atoms with E-state index in [1.54, 1.807) is 6.07 Å². The number of aromatic nitrogens is 1. The molecule has 3 rings (SSSR count). The van der Waals surface area contributed by atoms with Gasteiger partial charge in [0.2, 0.25) is 0 Å². The van der Waals surface area contributed by atoms with E-state index in [2.05, 4.69) is 10.3 Å². The summed E-state index contributed by atoms with van der Waals surface area (Å²) >= 11 is 5.93. The minimum absolute atomic E-state index is 0. The lowest BCUT2D eigenvalue weighted by atomic mass is 10.2. The molecule has 0 spiro atoms. The molecule has 0 aliphatic heterocycles. The average Bonchev–Trinajstić information content (AvgIpc) is 2.89.